The molecule has 0 amide bonds. The van der Waals surface area contributed by atoms with Crippen LogP contribution in [0, 0.1) is 5.92 Å². The van der Waals surface area contributed by atoms with Crippen molar-refractivity contribution < 1.29 is 14.3 Å². The fraction of sp³-hybridized carbons (Fsp3) is 0.889. The quantitative estimate of drug-likeness (QED) is 0.631. The number of carbonyl (C=O) groups excluding carboxylic acids is 1. The van der Waals surface area contributed by atoms with Gasteiger partial charge in [0.05, 0.1) is 19.3 Å². The van der Waals surface area contributed by atoms with Crippen LogP contribution in [0.2, 0.25) is 0 Å². The van der Waals surface area contributed by atoms with Crippen LogP contribution in [0.1, 0.15) is 19.3 Å². The predicted molar refractivity (Wildman–Crippen MR) is 46.0 cm³/mol. The molecule has 4 heteroatoms. The summed E-state index contributed by atoms with van der Waals surface area (Å²) in [5, 5.41) is 0. The fourth-order valence-electron chi connectivity index (χ4n) is 2.38. The normalized spacial score (nSPS) is 38.2. The molecule has 74 valence electrons. The lowest BCUT2D eigenvalue weighted by atomic mass is 9.71. The molecule has 1 aliphatic carbocycles. The zero-order valence-electron chi connectivity index (χ0n) is 7.79. The molecule has 0 aromatic rings. The summed E-state index contributed by atoms with van der Waals surface area (Å²) >= 11 is 0. The van der Waals surface area contributed by atoms with Crippen molar-refractivity contribution >= 4 is 5.97 Å². The molecule has 0 spiro atoms. The van der Waals surface area contributed by atoms with E-state index in [0.717, 1.165) is 19.4 Å². The third-order valence-corrected chi connectivity index (χ3v) is 3.04. The summed E-state index contributed by atoms with van der Waals surface area (Å²) in [6.45, 7) is 0.841. The summed E-state index contributed by atoms with van der Waals surface area (Å²) in [5.41, 5.74) is 5.58. The lowest BCUT2D eigenvalue weighted by Crippen LogP contribution is -2.45. The molecule has 13 heavy (non-hydrogen) atoms. The van der Waals surface area contributed by atoms with E-state index in [0.29, 0.717) is 12.3 Å². The number of nitrogens with two attached hydrogens (primary N) is 1. The number of fused-ring (bicyclic) bond motifs is 1. The minimum atomic E-state index is -0.524. The smallest absolute Gasteiger partial charge is 0.322 e. The number of rotatable bonds is 3. The number of hydrogen-bond acceptors (Lipinski definition) is 4. The van der Waals surface area contributed by atoms with Gasteiger partial charge in [-0.1, -0.05) is 0 Å². The Morgan fingerprint density at radius 1 is 1.77 bits per heavy atom. The van der Waals surface area contributed by atoms with E-state index >= 15 is 0 Å². The van der Waals surface area contributed by atoms with Crippen molar-refractivity contribution in [2.24, 2.45) is 11.7 Å². The summed E-state index contributed by atoms with van der Waals surface area (Å²) in [5.74, 6) is 0.373. The molecule has 1 atom stereocenters. The molecule has 0 aromatic carbocycles. The van der Waals surface area contributed by atoms with Gasteiger partial charge in [-0.05, 0) is 18.8 Å². The summed E-state index contributed by atoms with van der Waals surface area (Å²) in [6.07, 6.45) is 2.74. The van der Waals surface area contributed by atoms with Gasteiger partial charge in [-0.2, -0.15) is 0 Å². The van der Waals surface area contributed by atoms with Gasteiger partial charge in [-0.3, -0.25) is 4.79 Å². The predicted octanol–water partition coefficient (Wildman–Crippen LogP) is 0.0558. The van der Waals surface area contributed by atoms with Crippen LogP contribution >= 0.6 is 0 Å². The van der Waals surface area contributed by atoms with Crippen molar-refractivity contribution in [3.05, 3.63) is 0 Å². The highest BCUT2D eigenvalue weighted by Gasteiger charge is 2.52. The fourth-order valence-corrected chi connectivity index (χ4v) is 2.38. The Balaban J connectivity index is 1.87. The van der Waals surface area contributed by atoms with Gasteiger partial charge in [-0.25, -0.2) is 0 Å². The van der Waals surface area contributed by atoms with Crippen molar-refractivity contribution in [1.29, 1.82) is 0 Å². The van der Waals surface area contributed by atoms with Gasteiger partial charge in [0, 0.05) is 6.42 Å². The first-order valence-corrected chi connectivity index (χ1v) is 4.62. The van der Waals surface area contributed by atoms with Crippen LogP contribution in [-0.2, 0) is 14.3 Å². The molecule has 3 rings (SSSR count). The second-order valence-corrected chi connectivity index (χ2v) is 4.10. The van der Waals surface area contributed by atoms with E-state index < -0.39 is 6.04 Å². The zero-order chi connectivity index (χ0) is 9.47. The lowest BCUT2D eigenvalue weighted by molar-refractivity contribution is -0.144. The number of esters is 1. The second kappa shape index (κ2) is 2.96. The second-order valence-electron chi connectivity index (χ2n) is 4.10. The van der Waals surface area contributed by atoms with E-state index in [2.05, 4.69) is 4.74 Å². The van der Waals surface area contributed by atoms with Crippen molar-refractivity contribution in [1.82, 2.24) is 0 Å². The third kappa shape index (κ3) is 1.44. The van der Waals surface area contributed by atoms with Gasteiger partial charge in [0.2, 0.25) is 0 Å². The maximum absolute atomic E-state index is 11.1. The maximum atomic E-state index is 11.1. The third-order valence-electron chi connectivity index (χ3n) is 3.04. The Labute approximate surface area is 77.4 Å². The van der Waals surface area contributed by atoms with E-state index in [-0.39, 0.29) is 11.6 Å². The monoisotopic (exact) mass is 185 g/mol. The summed E-state index contributed by atoms with van der Waals surface area (Å²) in [7, 11) is 1.36. The standard InChI is InChI=1S/C9H15NO3/c1-12-8(11)7(10)4-9-2-6(3-9)5-13-9/h6-7H,2-5,10H2,1H3. The Hall–Kier alpha value is -0.610. The highest BCUT2D eigenvalue weighted by molar-refractivity contribution is 5.75. The van der Waals surface area contributed by atoms with E-state index in [9.17, 15) is 4.79 Å². The Morgan fingerprint density at radius 2 is 2.46 bits per heavy atom. The van der Waals surface area contributed by atoms with Gasteiger partial charge in [0.15, 0.2) is 0 Å². The molecule has 4 nitrogen and oxygen atoms in total. The van der Waals surface area contributed by atoms with Crippen LogP contribution in [0.15, 0.2) is 0 Å². The van der Waals surface area contributed by atoms with Crippen molar-refractivity contribution in [3.63, 3.8) is 0 Å². The average Bonchev–Trinajstić information content (AvgIpc) is 2.61. The molecular weight excluding hydrogens is 170 g/mol. The number of methoxy groups -OCH3 is 1. The summed E-state index contributed by atoms with van der Waals surface area (Å²) in [6, 6.07) is -0.524. The molecule has 2 aliphatic heterocycles. The zero-order valence-corrected chi connectivity index (χ0v) is 7.79. The number of hydrogen-bond donors (Lipinski definition) is 1. The van der Waals surface area contributed by atoms with Crippen LogP contribution < -0.4 is 5.73 Å². The molecular formula is C9H15NO3. The van der Waals surface area contributed by atoms with Gasteiger partial charge in [-0.15, -0.1) is 0 Å². The summed E-state index contributed by atoms with van der Waals surface area (Å²) in [4.78, 5) is 11.1. The minimum absolute atomic E-state index is 0.0850. The van der Waals surface area contributed by atoms with Crippen molar-refractivity contribution in [2.75, 3.05) is 13.7 Å². The lowest BCUT2D eigenvalue weighted by Gasteiger charge is -2.37. The molecule has 3 aliphatic rings. The van der Waals surface area contributed by atoms with Gasteiger partial charge >= 0.3 is 5.97 Å². The first kappa shape index (κ1) is 8.97. The Bertz CT molecular complexity index is 217. The molecule has 2 saturated heterocycles. The topological polar surface area (TPSA) is 61.5 Å². The average molecular weight is 185 g/mol. The van der Waals surface area contributed by atoms with Crippen LogP contribution in [0.4, 0.5) is 0 Å². The number of ether oxygens (including phenoxy) is 2. The maximum Gasteiger partial charge on any atom is 0.322 e. The largest absolute Gasteiger partial charge is 0.468 e. The van der Waals surface area contributed by atoms with E-state index in [1.54, 1.807) is 0 Å². The van der Waals surface area contributed by atoms with Crippen LogP contribution in [0.25, 0.3) is 0 Å². The Kier molecular flexibility index (Phi) is 2.04. The van der Waals surface area contributed by atoms with Gasteiger partial charge in [0.25, 0.3) is 0 Å². The molecule has 3 fully saturated rings. The van der Waals surface area contributed by atoms with Crippen LogP contribution in [0.5, 0.6) is 0 Å². The Morgan fingerprint density at radius 3 is 2.92 bits per heavy atom. The first-order chi connectivity index (χ1) is 6.15. The molecule has 0 radical (unpaired) electrons. The van der Waals surface area contributed by atoms with E-state index in [1.165, 1.54) is 7.11 Å². The molecule has 2 heterocycles. The molecule has 1 unspecified atom stereocenters. The van der Waals surface area contributed by atoms with Gasteiger partial charge in [0.1, 0.15) is 6.04 Å². The first-order valence-electron chi connectivity index (χ1n) is 4.62. The molecule has 2 N–H and O–H groups in total. The summed E-state index contributed by atoms with van der Waals surface area (Å²) < 4.78 is 10.2. The van der Waals surface area contributed by atoms with Crippen molar-refractivity contribution in [3.8, 4) is 0 Å². The van der Waals surface area contributed by atoms with Crippen LogP contribution in [-0.4, -0.2) is 31.3 Å². The molecule has 2 bridgehead atoms. The van der Waals surface area contributed by atoms with Gasteiger partial charge < -0.3 is 15.2 Å². The van der Waals surface area contributed by atoms with Crippen molar-refractivity contribution in [2.45, 2.75) is 30.9 Å². The van der Waals surface area contributed by atoms with E-state index in [1.807, 2.05) is 0 Å². The highest BCUT2D eigenvalue weighted by Crippen LogP contribution is 2.50. The van der Waals surface area contributed by atoms with Crippen LogP contribution in [0.3, 0.4) is 0 Å². The van der Waals surface area contributed by atoms with E-state index in [4.69, 9.17) is 10.5 Å². The molecule has 0 aromatic heterocycles. The minimum Gasteiger partial charge on any atom is -0.468 e. The number of carbonyl (C=O) groups is 1. The SMILES string of the molecule is COC(=O)C(N)CC12CC(CO1)C2. The molecule has 1 saturated carbocycles. The highest BCUT2D eigenvalue weighted by atomic mass is 16.5.